The summed E-state index contributed by atoms with van der Waals surface area (Å²) in [5, 5.41) is 6.16. The molecule has 152 valence electrons. The fourth-order valence-electron chi connectivity index (χ4n) is 3.87. The summed E-state index contributed by atoms with van der Waals surface area (Å²) in [5.74, 6) is 2.14. The molecular weight excluding hydrogens is 370 g/mol. The Morgan fingerprint density at radius 2 is 1.72 bits per heavy atom. The van der Waals surface area contributed by atoms with Crippen LogP contribution in [0.1, 0.15) is 12.0 Å². The summed E-state index contributed by atoms with van der Waals surface area (Å²) < 4.78 is 16.0. The van der Waals surface area contributed by atoms with E-state index in [1.54, 1.807) is 21.3 Å². The molecule has 0 bridgehead atoms. The van der Waals surface area contributed by atoms with Crippen LogP contribution in [0.3, 0.4) is 0 Å². The molecule has 7 nitrogen and oxygen atoms in total. The molecule has 1 atom stereocenters. The van der Waals surface area contributed by atoms with Crippen LogP contribution in [0.2, 0.25) is 0 Å². The first kappa shape index (κ1) is 19.3. The van der Waals surface area contributed by atoms with Gasteiger partial charge in [-0.2, -0.15) is 5.10 Å². The van der Waals surface area contributed by atoms with Crippen molar-refractivity contribution in [2.75, 3.05) is 39.4 Å². The minimum Gasteiger partial charge on any atom is -0.497 e. The number of hydrogen-bond acceptors (Lipinski definition) is 6. The molecule has 1 fully saturated rings. The van der Waals surface area contributed by atoms with Crippen LogP contribution in [-0.2, 0) is 11.3 Å². The van der Waals surface area contributed by atoms with Gasteiger partial charge in [-0.15, -0.1) is 0 Å². The summed E-state index contributed by atoms with van der Waals surface area (Å²) >= 11 is 0. The summed E-state index contributed by atoms with van der Waals surface area (Å²) in [6.07, 6.45) is 0.763. The number of rotatable bonds is 6. The largest absolute Gasteiger partial charge is 0.497 e. The van der Waals surface area contributed by atoms with Crippen LogP contribution in [-0.4, -0.2) is 50.9 Å². The minimum absolute atomic E-state index is 0.0379. The van der Waals surface area contributed by atoms with Gasteiger partial charge in [0.1, 0.15) is 17.2 Å². The van der Waals surface area contributed by atoms with Crippen LogP contribution in [0.4, 0.5) is 5.69 Å². The van der Waals surface area contributed by atoms with E-state index in [4.69, 9.17) is 14.2 Å². The first-order valence-electron chi connectivity index (χ1n) is 9.61. The zero-order chi connectivity index (χ0) is 20.4. The number of hydrazone groups is 1. The maximum atomic E-state index is 12.9. The number of methoxy groups -OCH3 is 3. The van der Waals surface area contributed by atoms with E-state index in [0.29, 0.717) is 12.3 Å². The molecule has 0 radical (unpaired) electrons. The summed E-state index contributed by atoms with van der Waals surface area (Å²) in [6.45, 7) is 2.24. The zero-order valence-corrected chi connectivity index (χ0v) is 16.9. The van der Waals surface area contributed by atoms with Crippen LogP contribution in [0, 0.1) is 5.92 Å². The monoisotopic (exact) mass is 395 g/mol. The summed E-state index contributed by atoms with van der Waals surface area (Å²) in [6, 6.07) is 13.3. The molecule has 4 rings (SSSR count). The van der Waals surface area contributed by atoms with E-state index in [9.17, 15) is 4.79 Å². The van der Waals surface area contributed by atoms with Gasteiger partial charge in [0.2, 0.25) is 0 Å². The Morgan fingerprint density at radius 1 is 1.00 bits per heavy atom. The average molecular weight is 395 g/mol. The number of likely N-dealkylation sites (tertiary alicyclic amines) is 1. The van der Waals surface area contributed by atoms with E-state index in [1.807, 2.05) is 42.5 Å². The third-order valence-corrected chi connectivity index (χ3v) is 5.37. The number of carbonyl (C=O) groups is 1. The number of nitrogens with zero attached hydrogens (tertiary/aromatic N) is 3. The predicted molar refractivity (Wildman–Crippen MR) is 111 cm³/mol. The van der Waals surface area contributed by atoms with Gasteiger partial charge in [-0.3, -0.25) is 9.69 Å². The number of piperidine rings is 1. The quantitative estimate of drug-likeness (QED) is 0.753. The van der Waals surface area contributed by atoms with E-state index in [1.165, 1.54) is 5.01 Å². The molecule has 1 amide bonds. The average Bonchev–Trinajstić information content (AvgIpc) is 3.09. The van der Waals surface area contributed by atoms with E-state index in [0.717, 1.165) is 48.0 Å². The lowest BCUT2D eigenvalue weighted by Crippen LogP contribution is -2.41. The number of amides is 1. The third-order valence-electron chi connectivity index (χ3n) is 5.37. The van der Waals surface area contributed by atoms with E-state index in [-0.39, 0.29) is 11.8 Å². The van der Waals surface area contributed by atoms with Gasteiger partial charge >= 0.3 is 0 Å². The van der Waals surface area contributed by atoms with Crippen molar-refractivity contribution in [3.63, 3.8) is 0 Å². The minimum atomic E-state index is -0.141. The highest BCUT2D eigenvalue weighted by Crippen LogP contribution is 2.31. The molecular formula is C22H25N3O4. The van der Waals surface area contributed by atoms with Crippen molar-refractivity contribution < 1.29 is 19.0 Å². The second-order valence-electron chi connectivity index (χ2n) is 7.22. The molecule has 29 heavy (non-hydrogen) atoms. The van der Waals surface area contributed by atoms with Crippen molar-refractivity contribution in [3.05, 3.63) is 48.0 Å². The molecule has 2 aromatic rings. The van der Waals surface area contributed by atoms with Crippen LogP contribution < -0.4 is 19.2 Å². The molecule has 2 aliphatic rings. The molecule has 0 aliphatic carbocycles. The Kier molecular flexibility index (Phi) is 5.40. The summed E-state index contributed by atoms with van der Waals surface area (Å²) in [7, 11) is 4.91. The van der Waals surface area contributed by atoms with Crippen molar-refractivity contribution in [1.29, 1.82) is 0 Å². The zero-order valence-electron chi connectivity index (χ0n) is 16.9. The lowest BCUT2D eigenvalue weighted by molar-refractivity contribution is -0.120. The predicted octanol–water partition coefficient (Wildman–Crippen LogP) is 2.94. The number of benzene rings is 2. The van der Waals surface area contributed by atoms with Gasteiger partial charge in [-0.05, 0) is 36.2 Å². The number of fused-ring (bicyclic) bond motifs is 1. The maximum absolute atomic E-state index is 12.9. The van der Waals surface area contributed by atoms with Gasteiger partial charge in [-0.1, -0.05) is 6.07 Å². The highest BCUT2D eigenvalue weighted by atomic mass is 16.5. The van der Waals surface area contributed by atoms with Gasteiger partial charge in [-0.25, -0.2) is 5.01 Å². The highest BCUT2D eigenvalue weighted by molar-refractivity contribution is 6.16. The Balaban J connectivity index is 1.51. The van der Waals surface area contributed by atoms with Crippen molar-refractivity contribution in [2.45, 2.75) is 13.0 Å². The molecule has 0 N–H and O–H groups in total. The topological polar surface area (TPSA) is 63.6 Å². The second-order valence-corrected chi connectivity index (χ2v) is 7.22. The molecule has 1 saturated heterocycles. The maximum Gasteiger partial charge on any atom is 0.256 e. The number of hydrogen-bond donors (Lipinski definition) is 0. The van der Waals surface area contributed by atoms with Gasteiger partial charge in [0.05, 0.1) is 38.6 Å². The van der Waals surface area contributed by atoms with E-state index < -0.39 is 0 Å². The Hall–Kier alpha value is -3.06. The van der Waals surface area contributed by atoms with Crippen LogP contribution >= 0.6 is 0 Å². The molecule has 2 heterocycles. The number of ether oxygens (including phenoxy) is 3. The first-order valence-corrected chi connectivity index (χ1v) is 9.61. The van der Waals surface area contributed by atoms with Crippen molar-refractivity contribution in [3.8, 4) is 17.2 Å². The molecule has 7 heteroatoms. The van der Waals surface area contributed by atoms with Crippen molar-refractivity contribution >= 4 is 17.3 Å². The van der Waals surface area contributed by atoms with Gasteiger partial charge in [0.15, 0.2) is 0 Å². The fraction of sp³-hybridized carbons (Fsp3) is 0.364. The highest BCUT2D eigenvalue weighted by Gasteiger charge is 2.39. The molecule has 1 unspecified atom stereocenters. The van der Waals surface area contributed by atoms with Gasteiger partial charge < -0.3 is 14.2 Å². The number of anilines is 1. The normalized spacial score (nSPS) is 19.0. The van der Waals surface area contributed by atoms with Gasteiger partial charge in [0.25, 0.3) is 5.91 Å². The van der Waals surface area contributed by atoms with Crippen LogP contribution in [0.5, 0.6) is 17.2 Å². The van der Waals surface area contributed by atoms with E-state index >= 15 is 0 Å². The molecule has 0 saturated carbocycles. The van der Waals surface area contributed by atoms with Crippen LogP contribution in [0.25, 0.3) is 0 Å². The smallest absolute Gasteiger partial charge is 0.256 e. The molecule has 2 aliphatic heterocycles. The molecule has 0 spiro atoms. The lowest BCUT2D eigenvalue weighted by atomic mass is 9.94. The summed E-state index contributed by atoms with van der Waals surface area (Å²) in [4.78, 5) is 15.2. The summed E-state index contributed by atoms with van der Waals surface area (Å²) in [5.41, 5.74) is 2.76. The SMILES string of the molecule is COc1cc(CN2CCC3C(=O)N(c4cccc(OC)c4)N=C3C2)cc(OC)c1. The molecule has 0 aromatic heterocycles. The Bertz CT molecular complexity index is 921. The lowest BCUT2D eigenvalue weighted by Gasteiger charge is -2.29. The number of carbonyl (C=O) groups excluding carboxylic acids is 1. The molecule has 2 aromatic carbocycles. The first-order chi connectivity index (χ1) is 14.1. The van der Waals surface area contributed by atoms with Gasteiger partial charge in [0, 0.05) is 31.8 Å². The Morgan fingerprint density at radius 3 is 2.41 bits per heavy atom. The van der Waals surface area contributed by atoms with Crippen molar-refractivity contribution in [2.24, 2.45) is 11.0 Å². The second kappa shape index (κ2) is 8.13. The third kappa shape index (κ3) is 3.91. The fourth-order valence-corrected chi connectivity index (χ4v) is 3.87. The van der Waals surface area contributed by atoms with Crippen molar-refractivity contribution in [1.82, 2.24) is 4.90 Å². The van der Waals surface area contributed by atoms with Crippen LogP contribution in [0.15, 0.2) is 47.6 Å². The standard InChI is InChI=1S/C22H25N3O4/c1-27-17-6-4-5-16(11-17)25-22(26)20-7-8-24(14-21(20)23-25)13-15-9-18(28-2)12-19(10-15)29-3/h4-6,9-12,20H,7-8,13-14H2,1-3H3. The Labute approximate surface area is 170 Å². The van der Waals surface area contributed by atoms with E-state index in [2.05, 4.69) is 10.0 Å².